The third-order valence-electron chi connectivity index (χ3n) is 4.69. The molecule has 8 heteroatoms. The number of nitrogens with zero attached hydrogens (tertiary/aromatic N) is 1. The zero-order chi connectivity index (χ0) is 21.2. The van der Waals surface area contributed by atoms with Gasteiger partial charge in [0.25, 0.3) is 0 Å². The van der Waals surface area contributed by atoms with Gasteiger partial charge in [-0.15, -0.1) is 0 Å². The van der Waals surface area contributed by atoms with E-state index in [1.54, 1.807) is 47.4 Å². The van der Waals surface area contributed by atoms with Crippen LogP contribution in [-0.2, 0) is 20.6 Å². The van der Waals surface area contributed by atoms with E-state index < -0.39 is 15.4 Å². The van der Waals surface area contributed by atoms with Crippen molar-refractivity contribution in [1.29, 1.82) is 0 Å². The summed E-state index contributed by atoms with van der Waals surface area (Å²) in [5, 5.41) is 0.398. The molecule has 2 aromatic rings. The monoisotopic (exact) mass is 436 g/mol. The molecule has 0 unspecified atom stereocenters. The van der Waals surface area contributed by atoms with Crippen LogP contribution in [0.25, 0.3) is 0 Å². The number of carbonyl (C=O) groups excluding carboxylic acids is 1. The van der Waals surface area contributed by atoms with Crippen molar-refractivity contribution in [3.63, 3.8) is 0 Å². The molecule has 0 spiro atoms. The lowest BCUT2D eigenvalue weighted by atomic mass is 9.93. The van der Waals surface area contributed by atoms with Gasteiger partial charge in [-0.2, -0.15) is 0 Å². The Morgan fingerprint density at radius 3 is 2.62 bits per heavy atom. The van der Waals surface area contributed by atoms with E-state index in [0.29, 0.717) is 34.3 Å². The number of rotatable bonds is 6. The fraction of sp³-hybridized carbons (Fsp3) is 0.381. The molecule has 1 aliphatic heterocycles. The van der Waals surface area contributed by atoms with Crippen molar-refractivity contribution in [1.82, 2.24) is 0 Å². The number of carbonyl (C=O) groups is 1. The lowest BCUT2D eigenvalue weighted by Gasteiger charge is -2.28. The van der Waals surface area contributed by atoms with Gasteiger partial charge in [-0.25, -0.2) is 8.42 Å². The van der Waals surface area contributed by atoms with Gasteiger partial charge in [-0.05, 0) is 50.1 Å². The molecular weight excluding hydrogens is 412 g/mol. The molecular formula is C21H25ClN2O4S. The molecule has 1 aliphatic rings. The van der Waals surface area contributed by atoms with Crippen molar-refractivity contribution in [3.8, 4) is 5.75 Å². The molecule has 1 N–H and O–H groups in total. The van der Waals surface area contributed by atoms with E-state index in [2.05, 4.69) is 4.72 Å². The predicted octanol–water partition coefficient (Wildman–Crippen LogP) is 4.44. The molecule has 0 aromatic heterocycles. The highest BCUT2D eigenvalue weighted by molar-refractivity contribution is 7.91. The Bertz CT molecular complexity index is 1020. The average molecular weight is 437 g/mol. The SMILES string of the molecule is CCCN1C(=O)C(C)(C)COc2ccc(NS(=O)(=O)Cc3ccccc3Cl)cc21. The molecule has 156 valence electrons. The van der Waals surface area contributed by atoms with Gasteiger partial charge in [0, 0.05) is 11.6 Å². The Morgan fingerprint density at radius 1 is 1.21 bits per heavy atom. The second-order valence-corrected chi connectivity index (χ2v) is 9.89. The molecule has 1 heterocycles. The molecule has 1 amide bonds. The number of halogens is 1. The highest BCUT2D eigenvalue weighted by Crippen LogP contribution is 2.38. The quantitative estimate of drug-likeness (QED) is 0.726. The molecule has 0 radical (unpaired) electrons. The van der Waals surface area contributed by atoms with Crippen molar-refractivity contribution in [2.45, 2.75) is 32.9 Å². The van der Waals surface area contributed by atoms with Gasteiger partial charge in [0.15, 0.2) is 0 Å². The summed E-state index contributed by atoms with van der Waals surface area (Å²) in [6.07, 6.45) is 0.768. The summed E-state index contributed by atoms with van der Waals surface area (Å²) in [5.74, 6) is 0.269. The Hall–Kier alpha value is -2.25. The number of benzene rings is 2. The molecule has 6 nitrogen and oxygen atoms in total. The Kier molecular flexibility index (Phi) is 6.10. The van der Waals surface area contributed by atoms with Crippen molar-refractivity contribution in [2.24, 2.45) is 5.41 Å². The van der Waals surface area contributed by atoms with Crippen LogP contribution in [0.1, 0.15) is 32.8 Å². The van der Waals surface area contributed by atoms with Gasteiger partial charge in [-0.1, -0.05) is 36.7 Å². The maximum absolute atomic E-state index is 13.0. The first-order valence-corrected chi connectivity index (χ1v) is 11.5. The third kappa shape index (κ3) is 4.85. The topological polar surface area (TPSA) is 75.7 Å². The largest absolute Gasteiger partial charge is 0.490 e. The number of sulfonamides is 1. The van der Waals surface area contributed by atoms with Gasteiger partial charge in [0.1, 0.15) is 12.4 Å². The van der Waals surface area contributed by atoms with Gasteiger partial charge in [-0.3, -0.25) is 9.52 Å². The number of nitrogens with one attached hydrogen (secondary N) is 1. The molecule has 0 fully saturated rings. The fourth-order valence-electron chi connectivity index (χ4n) is 3.19. The Labute approximate surface area is 176 Å². The summed E-state index contributed by atoms with van der Waals surface area (Å²) in [6.45, 7) is 6.46. The van der Waals surface area contributed by atoms with Crippen LogP contribution in [-0.4, -0.2) is 27.5 Å². The average Bonchev–Trinajstić information content (AvgIpc) is 2.74. The number of ether oxygens (including phenoxy) is 1. The molecule has 0 atom stereocenters. The van der Waals surface area contributed by atoms with Gasteiger partial charge >= 0.3 is 0 Å². The van der Waals surface area contributed by atoms with Crippen molar-refractivity contribution in [2.75, 3.05) is 22.8 Å². The number of hydrogen-bond donors (Lipinski definition) is 1. The van der Waals surface area contributed by atoms with Crippen LogP contribution in [0.2, 0.25) is 5.02 Å². The highest BCUT2D eigenvalue weighted by atomic mass is 35.5. The molecule has 2 aromatic carbocycles. The summed E-state index contributed by atoms with van der Waals surface area (Å²) >= 11 is 6.09. The first-order valence-electron chi connectivity index (χ1n) is 9.46. The summed E-state index contributed by atoms with van der Waals surface area (Å²) < 4.78 is 33.7. The van der Waals surface area contributed by atoms with Crippen molar-refractivity contribution >= 4 is 38.9 Å². The maximum Gasteiger partial charge on any atom is 0.236 e. The Morgan fingerprint density at radius 2 is 1.93 bits per heavy atom. The minimum atomic E-state index is -3.69. The standard InChI is InChI=1S/C21H25ClN2O4S/c1-4-11-24-18-12-16(9-10-19(18)28-14-21(2,3)20(24)25)23-29(26,27)13-15-7-5-6-8-17(15)22/h5-10,12,23H,4,11,13-14H2,1-3H3. The predicted molar refractivity (Wildman–Crippen MR) is 116 cm³/mol. The van der Waals surface area contributed by atoms with Crippen LogP contribution < -0.4 is 14.4 Å². The van der Waals surface area contributed by atoms with Gasteiger partial charge in [0.05, 0.1) is 22.5 Å². The van der Waals surface area contributed by atoms with Gasteiger partial charge < -0.3 is 9.64 Å². The zero-order valence-electron chi connectivity index (χ0n) is 16.7. The third-order valence-corrected chi connectivity index (χ3v) is 6.29. The van der Waals surface area contributed by atoms with Crippen LogP contribution in [0.15, 0.2) is 42.5 Å². The molecule has 0 bridgehead atoms. The van der Waals surface area contributed by atoms with Crippen LogP contribution in [0.3, 0.4) is 0 Å². The molecule has 0 aliphatic carbocycles. The summed E-state index contributed by atoms with van der Waals surface area (Å²) in [6, 6.07) is 11.8. The van der Waals surface area contributed by atoms with E-state index >= 15 is 0 Å². The zero-order valence-corrected chi connectivity index (χ0v) is 18.3. The molecule has 0 saturated carbocycles. The first-order chi connectivity index (χ1) is 13.6. The van der Waals surface area contributed by atoms with Crippen LogP contribution in [0, 0.1) is 5.41 Å². The number of fused-ring (bicyclic) bond motifs is 1. The first kappa shape index (κ1) is 21.5. The van der Waals surface area contributed by atoms with E-state index in [9.17, 15) is 13.2 Å². The number of hydrogen-bond acceptors (Lipinski definition) is 4. The summed E-state index contributed by atoms with van der Waals surface area (Å²) in [4.78, 5) is 14.7. The minimum Gasteiger partial charge on any atom is -0.490 e. The number of anilines is 2. The molecule has 3 rings (SSSR count). The van der Waals surface area contributed by atoms with E-state index in [1.165, 1.54) is 0 Å². The molecule has 29 heavy (non-hydrogen) atoms. The van der Waals surface area contributed by atoms with Crippen LogP contribution in [0.5, 0.6) is 5.75 Å². The maximum atomic E-state index is 13.0. The van der Waals surface area contributed by atoms with Crippen molar-refractivity contribution in [3.05, 3.63) is 53.1 Å². The summed E-state index contributed by atoms with van der Waals surface area (Å²) in [5.41, 5.74) is 0.787. The summed E-state index contributed by atoms with van der Waals surface area (Å²) in [7, 11) is -3.69. The smallest absolute Gasteiger partial charge is 0.236 e. The van der Waals surface area contributed by atoms with E-state index in [0.717, 1.165) is 6.42 Å². The van der Waals surface area contributed by atoms with E-state index in [4.69, 9.17) is 16.3 Å². The minimum absolute atomic E-state index is 0.0471. The van der Waals surface area contributed by atoms with E-state index in [1.807, 2.05) is 20.8 Å². The lowest BCUT2D eigenvalue weighted by molar-refractivity contribution is -0.127. The second-order valence-electron chi connectivity index (χ2n) is 7.76. The van der Waals surface area contributed by atoms with E-state index in [-0.39, 0.29) is 18.3 Å². The highest BCUT2D eigenvalue weighted by Gasteiger charge is 2.37. The lowest BCUT2D eigenvalue weighted by Crippen LogP contribution is -2.42. The number of amides is 1. The van der Waals surface area contributed by atoms with Crippen LogP contribution >= 0.6 is 11.6 Å². The second kappa shape index (κ2) is 8.24. The van der Waals surface area contributed by atoms with Crippen LogP contribution in [0.4, 0.5) is 11.4 Å². The molecule has 0 saturated heterocycles. The Balaban J connectivity index is 1.91. The van der Waals surface area contributed by atoms with Gasteiger partial charge in [0.2, 0.25) is 15.9 Å². The fourth-order valence-corrected chi connectivity index (χ4v) is 4.69. The normalized spacial score (nSPS) is 16.0. The van der Waals surface area contributed by atoms with Crippen molar-refractivity contribution < 1.29 is 17.9 Å².